The highest BCUT2D eigenvalue weighted by Crippen LogP contribution is 2.55. The maximum Gasteiger partial charge on any atom is 0.257 e. The summed E-state index contributed by atoms with van der Waals surface area (Å²) in [5, 5.41) is 11.9. The first-order chi connectivity index (χ1) is 15.5. The number of nitriles is 1. The third-order valence-electron chi connectivity index (χ3n) is 6.72. The number of imidazole rings is 1. The molecule has 32 heavy (non-hydrogen) atoms. The first-order valence-electron chi connectivity index (χ1n) is 10.7. The SMILES string of the molecule is C=CC(=O)N1CC[C@]2(C1)C[C@H](n1c(NC(=O)c3ccc(C#N)cc3)nc3ccccc31)C2. The second-order valence-electron chi connectivity index (χ2n) is 8.71. The topological polar surface area (TPSA) is 91.0 Å². The van der Waals surface area contributed by atoms with Crippen LogP contribution in [0.15, 0.2) is 61.2 Å². The van der Waals surface area contributed by atoms with Crippen LogP contribution in [0.25, 0.3) is 11.0 Å². The van der Waals surface area contributed by atoms with Gasteiger partial charge in [0.1, 0.15) is 0 Å². The summed E-state index contributed by atoms with van der Waals surface area (Å²) >= 11 is 0. The number of hydrogen-bond acceptors (Lipinski definition) is 4. The molecule has 1 saturated carbocycles. The van der Waals surface area contributed by atoms with Crippen LogP contribution in [0.3, 0.4) is 0 Å². The molecule has 7 heteroatoms. The summed E-state index contributed by atoms with van der Waals surface area (Å²) in [4.78, 5) is 31.4. The molecular weight excluding hydrogens is 402 g/mol. The standard InChI is InChI=1S/C25H23N5O2/c1-2-22(31)29-12-11-25(16-29)13-19(14-25)30-21-6-4-3-5-20(21)27-24(30)28-23(32)18-9-7-17(15-26)8-10-18/h2-10,19H,1,11-14,16H2,(H,27,28,32)/t19-,25-. The summed E-state index contributed by atoms with van der Waals surface area (Å²) < 4.78 is 2.13. The number of aromatic nitrogens is 2. The summed E-state index contributed by atoms with van der Waals surface area (Å²) in [7, 11) is 0. The first kappa shape index (κ1) is 20.0. The zero-order valence-electron chi connectivity index (χ0n) is 17.6. The van der Waals surface area contributed by atoms with Gasteiger partial charge in [-0.05, 0) is 67.2 Å². The molecule has 1 spiro atoms. The molecule has 1 aliphatic carbocycles. The van der Waals surface area contributed by atoms with E-state index in [2.05, 4.69) is 27.5 Å². The number of hydrogen-bond donors (Lipinski definition) is 1. The smallest absolute Gasteiger partial charge is 0.257 e. The van der Waals surface area contributed by atoms with E-state index in [0.29, 0.717) is 17.1 Å². The summed E-state index contributed by atoms with van der Waals surface area (Å²) in [6.07, 6.45) is 4.25. The molecule has 160 valence electrons. The fourth-order valence-electron chi connectivity index (χ4n) is 5.08. The monoisotopic (exact) mass is 425 g/mol. The van der Waals surface area contributed by atoms with Crippen LogP contribution in [0.5, 0.6) is 0 Å². The van der Waals surface area contributed by atoms with Crippen LogP contribution in [0.1, 0.15) is 41.2 Å². The van der Waals surface area contributed by atoms with Crippen molar-refractivity contribution in [3.8, 4) is 6.07 Å². The molecule has 2 aromatic carbocycles. The van der Waals surface area contributed by atoms with E-state index in [9.17, 15) is 9.59 Å². The van der Waals surface area contributed by atoms with Gasteiger partial charge in [-0.1, -0.05) is 18.7 Å². The van der Waals surface area contributed by atoms with Crippen molar-refractivity contribution < 1.29 is 9.59 Å². The molecule has 1 aliphatic heterocycles. The lowest BCUT2D eigenvalue weighted by Crippen LogP contribution is -2.42. The molecule has 7 nitrogen and oxygen atoms in total. The number of carbonyl (C=O) groups excluding carboxylic acids is 2. The van der Waals surface area contributed by atoms with Gasteiger partial charge in [0, 0.05) is 24.7 Å². The van der Waals surface area contributed by atoms with E-state index in [-0.39, 0.29) is 23.3 Å². The lowest BCUT2D eigenvalue weighted by Gasteiger charge is -2.46. The number of anilines is 1. The summed E-state index contributed by atoms with van der Waals surface area (Å²) in [6, 6.07) is 16.7. The number of nitrogens with zero attached hydrogens (tertiary/aromatic N) is 4. The lowest BCUT2D eigenvalue weighted by molar-refractivity contribution is -0.125. The number of nitrogens with one attached hydrogen (secondary N) is 1. The van der Waals surface area contributed by atoms with Crippen LogP contribution in [-0.2, 0) is 4.79 Å². The Morgan fingerprint density at radius 2 is 1.94 bits per heavy atom. The molecule has 1 saturated heterocycles. The molecule has 2 heterocycles. The van der Waals surface area contributed by atoms with Crippen molar-refractivity contribution in [3.63, 3.8) is 0 Å². The molecule has 1 aromatic heterocycles. The van der Waals surface area contributed by atoms with Gasteiger partial charge in [-0.3, -0.25) is 14.9 Å². The molecule has 0 atom stereocenters. The van der Waals surface area contributed by atoms with Crippen molar-refractivity contribution in [1.82, 2.24) is 14.5 Å². The van der Waals surface area contributed by atoms with Crippen molar-refractivity contribution in [2.24, 2.45) is 5.41 Å². The van der Waals surface area contributed by atoms with Gasteiger partial charge in [0.15, 0.2) is 0 Å². The number of fused-ring (bicyclic) bond motifs is 1. The molecular formula is C25H23N5O2. The molecule has 1 N–H and O–H groups in total. The number of benzene rings is 2. The molecule has 2 fully saturated rings. The highest BCUT2D eigenvalue weighted by atomic mass is 16.2. The van der Waals surface area contributed by atoms with Gasteiger partial charge >= 0.3 is 0 Å². The van der Waals surface area contributed by atoms with E-state index < -0.39 is 0 Å². The fraction of sp³-hybridized carbons (Fsp3) is 0.280. The lowest BCUT2D eigenvalue weighted by atomic mass is 9.65. The molecule has 3 aromatic rings. The number of carbonyl (C=O) groups is 2. The van der Waals surface area contributed by atoms with Crippen molar-refractivity contribution in [2.45, 2.75) is 25.3 Å². The van der Waals surface area contributed by atoms with Gasteiger partial charge in [-0.25, -0.2) is 4.98 Å². The Labute approximate surface area is 186 Å². The van der Waals surface area contributed by atoms with E-state index in [1.807, 2.05) is 29.2 Å². The number of rotatable bonds is 4. The van der Waals surface area contributed by atoms with Gasteiger partial charge in [-0.2, -0.15) is 5.26 Å². The molecule has 0 unspecified atom stereocenters. The van der Waals surface area contributed by atoms with Gasteiger partial charge in [0.25, 0.3) is 5.91 Å². The minimum Gasteiger partial charge on any atom is -0.339 e. The molecule has 2 aliphatic rings. The van der Waals surface area contributed by atoms with Crippen LogP contribution < -0.4 is 5.32 Å². The number of likely N-dealkylation sites (tertiary alicyclic amines) is 1. The average molecular weight is 425 g/mol. The van der Waals surface area contributed by atoms with Gasteiger partial charge in [0.2, 0.25) is 11.9 Å². The number of amides is 2. The molecule has 5 rings (SSSR count). The Morgan fingerprint density at radius 3 is 2.66 bits per heavy atom. The van der Waals surface area contributed by atoms with Gasteiger partial charge in [-0.15, -0.1) is 0 Å². The maximum atomic E-state index is 12.9. The Bertz CT molecular complexity index is 1260. The molecule has 0 bridgehead atoms. The maximum absolute atomic E-state index is 12.9. The van der Waals surface area contributed by atoms with Gasteiger partial charge in [0.05, 0.1) is 22.7 Å². The number of para-hydroxylation sites is 2. The third kappa shape index (κ3) is 3.34. The van der Waals surface area contributed by atoms with Crippen molar-refractivity contribution in [2.75, 3.05) is 18.4 Å². The van der Waals surface area contributed by atoms with Gasteiger partial charge < -0.3 is 9.47 Å². The van der Waals surface area contributed by atoms with Crippen LogP contribution in [-0.4, -0.2) is 39.4 Å². The fourth-order valence-corrected chi connectivity index (χ4v) is 5.08. The third-order valence-corrected chi connectivity index (χ3v) is 6.72. The minimum atomic E-state index is -0.260. The van der Waals surface area contributed by atoms with E-state index in [4.69, 9.17) is 5.26 Å². The van der Waals surface area contributed by atoms with E-state index in [0.717, 1.165) is 43.4 Å². The Kier molecular flexibility index (Phi) is 4.78. The normalized spacial score (nSPS) is 21.8. The zero-order chi connectivity index (χ0) is 22.3. The largest absolute Gasteiger partial charge is 0.339 e. The highest BCUT2D eigenvalue weighted by Gasteiger charge is 2.50. The average Bonchev–Trinajstić information content (AvgIpc) is 3.39. The zero-order valence-corrected chi connectivity index (χ0v) is 17.6. The Hall–Kier alpha value is -3.92. The first-order valence-corrected chi connectivity index (χ1v) is 10.7. The van der Waals surface area contributed by atoms with E-state index in [1.54, 1.807) is 24.3 Å². The summed E-state index contributed by atoms with van der Waals surface area (Å²) in [6.45, 7) is 5.13. The van der Waals surface area contributed by atoms with Crippen molar-refractivity contribution in [3.05, 3.63) is 72.3 Å². The Morgan fingerprint density at radius 1 is 1.19 bits per heavy atom. The summed E-state index contributed by atoms with van der Waals surface area (Å²) in [5.41, 5.74) is 2.93. The minimum absolute atomic E-state index is 0.00576. The molecule has 2 amide bonds. The van der Waals surface area contributed by atoms with E-state index >= 15 is 0 Å². The van der Waals surface area contributed by atoms with Crippen LogP contribution in [0, 0.1) is 16.7 Å². The highest BCUT2D eigenvalue weighted by molar-refractivity contribution is 6.04. The van der Waals surface area contributed by atoms with Crippen molar-refractivity contribution >= 4 is 28.8 Å². The van der Waals surface area contributed by atoms with Crippen LogP contribution in [0.2, 0.25) is 0 Å². The van der Waals surface area contributed by atoms with Crippen molar-refractivity contribution in [1.29, 1.82) is 5.26 Å². The van der Waals surface area contributed by atoms with E-state index in [1.165, 1.54) is 6.08 Å². The molecule has 0 radical (unpaired) electrons. The van der Waals surface area contributed by atoms with Crippen LogP contribution >= 0.6 is 0 Å². The second-order valence-corrected chi connectivity index (χ2v) is 8.71. The van der Waals surface area contributed by atoms with Crippen LogP contribution in [0.4, 0.5) is 5.95 Å². The second kappa shape index (κ2) is 7.65. The quantitative estimate of drug-likeness (QED) is 0.642. The predicted octanol–water partition coefficient (Wildman–Crippen LogP) is 3.90. The predicted molar refractivity (Wildman–Crippen MR) is 121 cm³/mol. The summed E-state index contributed by atoms with van der Waals surface area (Å²) in [5.74, 6) is 0.259. The Balaban J connectivity index is 1.40.